The molecule has 118 valence electrons. The number of halogens is 1. The maximum Gasteiger partial charge on any atom is 0.175 e. The Morgan fingerprint density at radius 3 is 2.26 bits per heavy atom. The van der Waals surface area contributed by atoms with E-state index in [0.29, 0.717) is 10.8 Å². The van der Waals surface area contributed by atoms with E-state index in [9.17, 15) is 8.42 Å². The van der Waals surface area contributed by atoms with Gasteiger partial charge in [0.15, 0.2) is 9.84 Å². The van der Waals surface area contributed by atoms with Crippen molar-refractivity contribution >= 4 is 21.4 Å². The van der Waals surface area contributed by atoms with Crippen molar-refractivity contribution in [1.82, 2.24) is 4.98 Å². The molecule has 4 nitrogen and oxygen atoms in total. The number of sulfone groups is 1. The summed E-state index contributed by atoms with van der Waals surface area (Å²) in [5.41, 5.74) is 3.22. The molecule has 2 aromatic heterocycles. The molecule has 0 bridgehead atoms. The lowest BCUT2D eigenvalue weighted by atomic mass is 10.0. The first-order valence-corrected chi connectivity index (χ1v) is 9.14. The highest BCUT2D eigenvalue weighted by Gasteiger charge is 2.17. The molecule has 0 N–H and O–H groups in total. The van der Waals surface area contributed by atoms with Crippen LogP contribution in [0.4, 0.5) is 0 Å². The van der Waals surface area contributed by atoms with Crippen LogP contribution in [0.2, 0.25) is 5.02 Å². The van der Waals surface area contributed by atoms with Crippen LogP contribution in [0.3, 0.4) is 0 Å². The summed E-state index contributed by atoms with van der Waals surface area (Å²) in [5.74, 6) is 0.606. The Balaban J connectivity index is 2.10. The van der Waals surface area contributed by atoms with E-state index in [1.54, 1.807) is 30.5 Å². The molecule has 0 aliphatic rings. The lowest BCUT2D eigenvalue weighted by Gasteiger charge is -2.05. The molecule has 0 spiro atoms. The molecule has 0 amide bonds. The SMILES string of the molecule is Cc1ccc(-c2occ(Cl)c2-c2ccc(S(C)(=O)=O)cc2)cn1. The van der Waals surface area contributed by atoms with E-state index < -0.39 is 9.84 Å². The smallest absolute Gasteiger partial charge is 0.175 e. The highest BCUT2D eigenvalue weighted by molar-refractivity contribution is 7.90. The van der Waals surface area contributed by atoms with Crippen molar-refractivity contribution in [2.45, 2.75) is 11.8 Å². The van der Waals surface area contributed by atoms with Gasteiger partial charge in [-0.3, -0.25) is 4.98 Å². The number of hydrogen-bond acceptors (Lipinski definition) is 4. The van der Waals surface area contributed by atoms with E-state index in [-0.39, 0.29) is 4.90 Å². The first-order chi connectivity index (χ1) is 10.9. The van der Waals surface area contributed by atoms with Gasteiger partial charge in [0.05, 0.1) is 9.92 Å². The first kappa shape index (κ1) is 15.8. The van der Waals surface area contributed by atoms with Crippen molar-refractivity contribution < 1.29 is 12.8 Å². The largest absolute Gasteiger partial charge is 0.462 e. The predicted molar refractivity (Wildman–Crippen MR) is 90.2 cm³/mol. The van der Waals surface area contributed by atoms with Gasteiger partial charge in [0, 0.05) is 29.3 Å². The summed E-state index contributed by atoms with van der Waals surface area (Å²) in [6, 6.07) is 10.4. The topological polar surface area (TPSA) is 60.2 Å². The Morgan fingerprint density at radius 1 is 1.04 bits per heavy atom. The molecule has 0 aliphatic heterocycles. The summed E-state index contributed by atoms with van der Waals surface area (Å²) >= 11 is 6.26. The zero-order valence-electron chi connectivity index (χ0n) is 12.6. The number of benzene rings is 1. The minimum atomic E-state index is -3.23. The van der Waals surface area contributed by atoms with Crippen LogP contribution < -0.4 is 0 Å². The zero-order valence-corrected chi connectivity index (χ0v) is 14.1. The molecule has 0 aliphatic carbocycles. The van der Waals surface area contributed by atoms with Crippen molar-refractivity contribution in [2.75, 3.05) is 6.26 Å². The first-order valence-electron chi connectivity index (χ1n) is 6.87. The summed E-state index contributed by atoms with van der Waals surface area (Å²) in [6.45, 7) is 1.91. The van der Waals surface area contributed by atoms with Crippen molar-refractivity contribution in [1.29, 1.82) is 0 Å². The van der Waals surface area contributed by atoms with Gasteiger partial charge >= 0.3 is 0 Å². The average Bonchev–Trinajstić information content (AvgIpc) is 2.89. The number of aryl methyl sites for hydroxylation is 1. The highest BCUT2D eigenvalue weighted by Crippen LogP contribution is 2.39. The number of pyridine rings is 1. The molecular formula is C17H14ClNO3S. The number of hydrogen-bond donors (Lipinski definition) is 0. The highest BCUT2D eigenvalue weighted by atomic mass is 35.5. The molecule has 0 unspecified atom stereocenters. The Hall–Kier alpha value is -2.11. The summed E-state index contributed by atoms with van der Waals surface area (Å²) < 4.78 is 28.7. The van der Waals surface area contributed by atoms with E-state index in [2.05, 4.69) is 4.98 Å². The number of aromatic nitrogens is 1. The van der Waals surface area contributed by atoms with Gasteiger partial charge in [0.1, 0.15) is 12.0 Å². The van der Waals surface area contributed by atoms with Crippen molar-refractivity contribution in [2.24, 2.45) is 0 Å². The van der Waals surface area contributed by atoms with Gasteiger partial charge in [-0.1, -0.05) is 23.7 Å². The molecule has 0 radical (unpaired) electrons. The van der Waals surface area contributed by atoms with Crippen LogP contribution in [0, 0.1) is 6.92 Å². The standard InChI is InChI=1S/C17H14ClNO3S/c1-11-3-4-13(9-19-11)17-16(15(18)10-22-17)12-5-7-14(8-6-12)23(2,20)21/h3-10H,1-2H3. The fourth-order valence-electron chi connectivity index (χ4n) is 2.29. The predicted octanol–water partition coefficient (Wildman–Crippen LogP) is 4.37. The lowest BCUT2D eigenvalue weighted by Crippen LogP contribution is -1.96. The third kappa shape index (κ3) is 3.16. The van der Waals surface area contributed by atoms with E-state index in [0.717, 1.165) is 22.4 Å². The minimum absolute atomic E-state index is 0.263. The summed E-state index contributed by atoms with van der Waals surface area (Å²) in [4.78, 5) is 4.53. The second-order valence-corrected chi connectivity index (χ2v) is 7.70. The van der Waals surface area contributed by atoms with Gasteiger partial charge < -0.3 is 4.42 Å². The molecule has 6 heteroatoms. The Kier molecular flexibility index (Phi) is 4.00. The molecule has 3 rings (SSSR count). The Bertz CT molecular complexity index is 943. The van der Waals surface area contributed by atoms with Crippen LogP contribution in [-0.2, 0) is 9.84 Å². The average molecular weight is 348 g/mol. The third-order valence-electron chi connectivity index (χ3n) is 3.49. The van der Waals surface area contributed by atoms with Gasteiger partial charge in [-0.25, -0.2) is 8.42 Å². The molecule has 2 heterocycles. The van der Waals surface area contributed by atoms with Crippen LogP contribution in [0.5, 0.6) is 0 Å². The fourth-order valence-corrected chi connectivity index (χ4v) is 3.16. The lowest BCUT2D eigenvalue weighted by molar-refractivity contribution is 0.583. The van der Waals surface area contributed by atoms with Gasteiger partial charge in [0.25, 0.3) is 0 Å². The second-order valence-electron chi connectivity index (χ2n) is 5.27. The van der Waals surface area contributed by atoms with Crippen molar-refractivity contribution in [3.63, 3.8) is 0 Å². The maximum absolute atomic E-state index is 11.6. The molecule has 3 aromatic rings. The third-order valence-corrected chi connectivity index (χ3v) is 4.90. The van der Waals surface area contributed by atoms with E-state index in [1.165, 1.54) is 12.5 Å². The molecule has 0 fully saturated rings. The number of furan rings is 1. The molecule has 1 aromatic carbocycles. The van der Waals surface area contributed by atoms with E-state index in [1.807, 2.05) is 19.1 Å². The van der Waals surface area contributed by atoms with Gasteiger partial charge in [-0.2, -0.15) is 0 Å². The number of nitrogens with zero attached hydrogens (tertiary/aromatic N) is 1. The van der Waals surface area contributed by atoms with Crippen molar-refractivity contribution in [3.8, 4) is 22.5 Å². The Morgan fingerprint density at radius 2 is 1.70 bits per heavy atom. The van der Waals surface area contributed by atoms with Crippen molar-refractivity contribution in [3.05, 3.63) is 59.6 Å². The van der Waals surface area contributed by atoms with Crippen LogP contribution in [0.15, 0.2) is 58.2 Å². The molecule has 0 saturated carbocycles. The molecule has 0 saturated heterocycles. The van der Waals surface area contributed by atoms with Gasteiger partial charge in [-0.15, -0.1) is 0 Å². The van der Waals surface area contributed by atoms with Crippen LogP contribution >= 0.6 is 11.6 Å². The van der Waals surface area contributed by atoms with Gasteiger partial charge in [-0.05, 0) is 36.8 Å². The summed E-state index contributed by atoms with van der Waals surface area (Å²) in [5, 5.41) is 0.465. The van der Waals surface area contributed by atoms with E-state index in [4.69, 9.17) is 16.0 Å². The van der Waals surface area contributed by atoms with Crippen LogP contribution in [0.1, 0.15) is 5.69 Å². The number of rotatable bonds is 3. The maximum atomic E-state index is 11.6. The quantitative estimate of drug-likeness (QED) is 0.705. The van der Waals surface area contributed by atoms with E-state index >= 15 is 0 Å². The minimum Gasteiger partial charge on any atom is -0.462 e. The molecular weight excluding hydrogens is 334 g/mol. The summed E-state index contributed by atoms with van der Waals surface area (Å²) in [6.07, 6.45) is 4.37. The summed E-state index contributed by atoms with van der Waals surface area (Å²) in [7, 11) is -3.23. The van der Waals surface area contributed by atoms with Gasteiger partial charge in [0.2, 0.25) is 0 Å². The fraction of sp³-hybridized carbons (Fsp3) is 0.118. The normalized spacial score (nSPS) is 11.6. The monoisotopic (exact) mass is 347 g/mol. The molecule has 0 atom stereocenters. The molecule has 23 heavy (non-hydrogen) atoms. The zero-order chi connectivity index (χ0) is 16.6. The van der Waals surface area contributed by atoms with Crippen LogP contribution in [-0.4, -0.2) is 19.7 Å². The Labute approximate surface area is 139 Å². The second kappa shape index (κ2) is 5.83. The van der Waals surface area contributed by atoms with Crippen LogP contribution in [0.25, 0.3) is 22.5 Å².